The number of aliphatic carboxylic acids is 1. The summed E-state index contributed by atoms with van der Waals surface area (Å²) in [5.41, 5.74) is -3.20. The molecule has 7 heteroatoms. The van der Waals surface area contributed by atoms with Gasteiger partial charge in [-0.25, -0.2) is 4.39 Å². The van der Waals surface area contributed by atoms with Crippen LogP contribution >= 0.6 is 0 Å². The Balaban J connectivity index is 1.50. The van der Waals surface area contributed by atoms with E-state index in [0.29, 0.717) is 18.4 Å². The first-order valence-electron chi connectivity index (χ1n) is 11.7. The van der Waals surface area contributed by atoms with Gasteiger partial charge in [-0.05, 0) is 68.1 Å². The molecule has 0 bridgehead atoms. The molecule has 1 saturated heterocycles. The summed E-state index contributed by atoms with van der Waals surface area (Å²) < 4.78 is 21.9. The van der Waals surface area contributed by atoms with Gasteiger partial charge in [0.1, 0.15) is 17.4 Å². The van der Waals surface area contributed by atoms with Gasteiger partial charge in [-0.1, -0.05) is 19.9 Å². The van der Waals surface area contributed by atoms with Crippen molar-refractivity contribution in [1.29, 1.82) is 0 Å². The van der Waals surface area contributed by atoms with Crippen molar-refractivity contribution in [3.05, 3.63) is 23.8 Å². The number of hydrogen-bond acceptors (Lipinski definition) is 5. The maximum atomic E-state index is 15.5. The number of carboxylic acid groups (broad SMARTS) is 1. The van der Waals surface area contributed by atoms with E-state index in [0.717, 1.165) is 0 Å². The van der Waals surface area contributed by atoms with Crippen molar-refractivity contribution in [2.24, 2.45) is 28.6 Å². The van der Waals surface area contributed by atoms with Crippen LogP contribution in [0.25, 0.3) is 0 Å². The second kappa shape index (κ2) is 6.60. The highest BCUT2D eigenvalue weighted by Gasteiger charge is 2.82. The summed E-state index contributed by atoms with van der Waals surface area (Å²) in [7, 11) is 0. The molecule has 0 aromatic carbocycles. The number of carbonyl (C=O) groups excluding carboxylic acids is 2. The molecular formula is C25H31FO6. The number of epoxide rings is 1. The van der Waals surface area contributed by atoms with Crippen LogP contribution in [0.1, 0.15) is 59.3 Å². The molecule has 5 rings (SSSR count). The van der Waals surface area contributed by atoms with Gasteiger partial charge >= 0.3 is 5.97 Å². The third-order valence-electron chi connectivity index (χ3n) is 9.72. The van der Waals surface area contributed by atoms with Crippen LogP contribution in [0.15, 0.2) is 23.8 Å². The summed E-state index contributed by atoms with van der Waals surface area (Å²) in [5.74, 6) is -2.07. The zero-order chi connectivity index (χ0) is 23.3. The fraction of sp³-hybridized carbons (Fsp3) is 0.720. The molecule has 0 aromatic heterocycles. The van der Waals surface area contributed by atoms with Gasteiger partial charge in [-0.2, -0.15) is 0 Å². The lowest BCUT2D eigenvalue weighted by Gasteiger charge is -2.56. The largest absolute Gasteiger partial charge is 0.481 e. The number of carbonyl (C=O) groups is 3. The fourth-order valence-corrected chi connectivity index (χ4v) is 8.16. The Morgan fingerprint density at radius 3 is 2.62 bits per heavy atom. The summed E-state index contributed by atoms with van der Waals surface area (Å²) in [6.07, 6.45) is 4.60. The molecule has 6 nitrogen and oxygen atoms in total. The zero-order valence-electron chi connectivity index (χ0n) is 18.8. The van der Waals surface area contributed by atoms with Crippen LogP contribution in [-0.4, -0.2) is 51.2 Å². The third kappa shape index (κ3) is 2.44. The Morgan fingerprint density at radius 1 is 1.22 bits per heavy atom. The number of alkyl halides is 1. The summed E-state index contributed by atoms with van der Waals surface area (Å²) in [5, 5.41) is 20.8. The van der Waals surface area contributed by atoms with Crippen LogP contribution in [0.3, 0.4) is 0 Å². The molecule has 4 fully saturated rings. The number of carboxylic acids is 1. The van der Waals surface area contributed by atoms with Gasteiger partial charge in [0.25, 0.3) is 0 Å². The third-order valence-corrected chi connectivity index (χ3v) is 9.72. The number of allylic oxidation sites excluding steroid dienone is 2. The van der Waals surface area contributed by atoms with E-state index >= 15 is 4.39 Å². The van der Waals surface area contributed by atoms with Crippen LogP contribution in [0.5, 0.6) is 0 Å². The van der Waals surface area contributed by atoms with E-state index in [1.807, 2.05) is 20.8 Å². The summed E-state index contributed by atoms with van der Waals surface area (Å²) in [6.45, 7) is 5.76. The van der Waals surface area contributed by atoms with E-state index in [9.17, 15) is 19.5 Å². The van der Waals surface area contributed by atoms with Crippen molar-refractivity contribution in [1.82, 2.24) is 0 Å². The summed E-state index contributed by atoms with van der Waals surface area (Å²) in [6, 6.07) is 0. The van der Waals surface area contributed by atoms with E-state index in [4.69, 9.17) is 9.84 Å². The normalized spacial score (nSPS) is 50.6. The zero-order valence-corrected chi connectivity index (χ0v) is 18.8. The topological polar surface area (TPSA) is 104 Å². The monoisotopic (exact) mass is 446 g/mol. The second-order valence-electron chi connectivity index (χ2n) is 11.0. The Bertz CT molecular complexity index is 971. The SMILES string of the molecule is C[C@H]1C[C@H]2[C@@H]3C[C@H](F)C4=CC(=O)C=C[C@]4(C)[C@@]34O[C@H]4C[C@]2(C)[C@@]1(O)C(=O)CCCC(=O)O. The minimum absolute atomic E-state index is 0.0119. The summed E-state index contributed by atoms with van der Waals surface area (Å²) >= 11 is 0. The quantitative estimate of drug-likeness (QED) is 0.629. The highest BCUT2D eigenvalue weighted by molar-refractivity contribution is 6.01. The van der Waals surface area contributed by atoms with E-state index < -0.39 is 34.2 Å². The minimum atomic E-state index is -1.59. The summed E-state index contributed by atoms with van der Waals surface area (Å²) in [4.78, 5) is 36.1. The number of ketones is 2. The molecule has 3 saturated carbocycles. The lowest BCUT2D eigenvalue weighted by atomic mass is 9.46. The van der Waals surface area contributed by atoms with Gasteiger partial charge in [0.2, 0.25) is 0 Å². The van der Waals surface area contributed by atoms with E-state index in [1.54, 1.807) is 6.08 Å². The van der Waals surface area contributed by atoms with Crippen LogP contribution in [0, 0.1) is 28.6 Å². The lowest BCUT2D eigenvalue weighted by Crippen LogP contribution is -2.63. The molecule has 2 N–H and O–H groups in total. The maximum Gasteiger partial charge on any atom is 0.303 e. The Hall–Kier alpha value is -1.86. The molecule has 5 aliphatic rings. The van der Waals surface area contributed by atoms with Gasteiger partial charge in [0.15, 0.2) is 11.6 Å². The fourth-order valence-electron chi connectivity index (χ4n) is 8.16. The Kier molecular flexibility index (Phi) is 4.53. The van der Waals surface area contributed by atoms with Crippen LogP contribution < -0.4 is 0 Å². The molecule has 174 valence electrons. The van der Waals surface area contributed by atoms with Crippen LogP contribution in [-0.2, 0) is 19.1 Å². The van der Waals surface area contributed by atoms with Crippen LogP contribution in [0.2, 0.25) is 0 Å². The number of rotatable bonds is 5. The van der Waals surface area contributed by atoms with E-state index in [1.165, 1.54) is 12.2 Å². The van der Waals surface area contributed by atoms with Gasteiger partial charge in [-0.3, -0.25) is 14.4 Å². The number of aliphatic hydroxyl groups is 1. The molecule has 0 radical (unpaired) electrons. The van der Waals surface area contributed by atoms with E-state index in [2.05, 4.69) is 0 Å². The molecule has 1 spiro atoms. The first kappa shape index (κ1) is 22.0. The van der Waals surface area contributed by atoms with Crippen molar-refractivity contribution < 1.29 is 33.7 Å². The van der Waals surface area contributed by atoms with Crippen molar-refractivity contribution >= 4 is 17.5 Å². The van der Waals surface area contributed by atoms with Crippen molar-refractivity contribution in [2.75, 3.05) is 0 Å². The Morgan fingerprint density at radius 2 is 1.94 bits per heavy atom. The van der Waals surface area contributed by atoms with E-state index in [-0.39, 0.29) is 61.1 Å². The van der Waals surface area contributed by atoms with Crippen molar-refractivity contribution in [3.63, 3.8) is 0 Å². The maximum absolute atomic E-state index is 15.5. The number of fused-ring (bicyclic) bond motifs is 3. The molecule has 1 aliphatic heterocycles. The van der Waals surface area contributed by atoms with Gasteiger partial charge < -0.3 is 14.9 Å². The predicted octanol–water partition coefficient (Wildman–Crippen LogP) is 3.17. The number of halogens is 1. The van der Waals surface area contributed by atoms with Crippen molar-refractivity contribution in [2.45, 2.75) is 82.8 Å². The van der Waals surface area contributed by atoms with Crippen molar-refractivity contribution in [3.8, 4) is 0 Å². The predicted molar refractivity (Wildman–Crippen MR) is 112 cm³/mol. The molecule has 9 atom stereocenters. The van der Waals surface area contributed by atoms with Crippen LogP contribution in [0.4, 0.5) is 4.39 Å². The van der Waals surface area contributed by atoms with Gasteiger partial charge in [-0.15, -0.1) is 0 Å². The number of Topliss-reactive ketones (excluding diaryl/α,β-unsaturated/α-hetero) is 1. The van der Waals surface area contributed by atoms with Gasteiger partial charge in [0, 0.05) is 23.7 Å². The smallest absolute Gasteiger partial charge is 0.303 e. The highest BCUT2D eigenvalue weighted by atomic mass is 19.1. The molecule has 32 heavy (non-hydrogen) atoms. The Labute approximate surface area is 186 Å². The standard InChI is InChI=1S/C25H31FO6/c1-13-9-15-16-11-18(26)17-10-14(27)7-8-22(17,2)25(16)20(32-25)12-23(15,3)24(13,31)19(28)5-4-6-21(29)30/h7-8,10,13,15-16,18,20,31H,4-6,9,11-12H2,1-3H3,(H,29,30)/t13-,15-,16-,18-,20-,22-,23-,24-,25+/m0/s1. The molecule has 4 aliphatic carbocycles. The number of hydrogen-bond donors (Lipinski definition) is 2. The first-order valence-corrected chi connectivity index (χ1v) is 11.7. The molecule has 1 heterocycles. The van der Waals surface area contributed by atoms with Gasteiger partial charge in [0.05, 0.1) is 6.10 Å². The molecule has 0 amide bonds. The first-order chi connectivity index (χ1) is 14.9. The average Bonchev–Trinajstić information content (AvgIpc) is 3.40. The molecule has 0 unspecified atom stereocenters. The molecular weight excluding hydrogens is 415 g/mol. The lowest BCUT2D eigenvalue weighted by molar-refractivity contribution is -0.163. The highest BCUT2D eigenvalue weighted by Crippen LogP contribution is 2.76. The minimum Gasteiger partial charge on any atom is -0.481 e. The molecule has 0 aromatic rings. The average molecular weight is 447 g/mol. The number of ether oxygens (including phenoxy) is 1. The second-order valence-corrected chi connectivity index (χ2v) is 11.0.